The number of fused-ring (bicyclic) bond motifs is 1. The quantitative estimate of drug-likeness (QED) is 0.565. The monoisotopic (exact) mass is 538 g/mol. The van der Waals surface area contributed by atoms with Gasteiger partial charge in [0.05, 0.1) is 17.1 Å². The molecule has 7 nitrogen and oxygen atoms in total. The van der Waals surface area contributed by atoms with Crippen LogP contribution in [0.4, 0.5) is 5.00 Å². The lowest BCUT2D eigenvalue weighted by Crippen LogP contribution is -2.37. The third kappa shape index (κ3) is 5.84. The zero-order chi connectivity index (χ0) is 25.5. The first-order valence-corrected chi connectivity index (χ1v) is 14.8. The Morgan fingerprint density at radius 1 is 1.20 bits per heavy atom. The first-order chi connectivity index (χ1) is 16.4. The summed E-state index contributed by atoms with van der Waals surface area (Å²) in [5.41, 5.74) is 3.14. The number of sulfone groups is 1. The second-order valence-electron chi connectivity index (χ2n) is 9.75. The standard InChI is InChI=1S/C25H31ClN2O5S2/c1-13-5-6-19-20(9-13)34-25(21(19)24(30)27-17-7-8-35(31,32)12-17)28-23(29)16(4)33-18-10-14(2)22(26)15(3)11-18/h10-11,13,16-17H,5-9,12H2,1-4H3,(H,27,30)(H,28,29). The van der Waals surface area contributed by atoms with E-state index in [0.29, 0.717) is 33.7 Å². The highest BCUT2D eigenvalue weighted by molar-refractivity contribution is 7.91. The highest BCUT2D eigenvalue weighted by Gasteiger charge is 2.33. The Bertz CT molecular complexity index is 1250. The predicted molar refractivity (Wildman–Crippen MR) is 140 cm³/mol. The number of nitrogens with one attached hydrogen (secondary N) is 2. The molecule has 2 aliphatic rings. The molecule has 0 bridgehead atoms. The van der Waals surface area contributed by atoms with Gasteiger partial charge in [0.2, 0.25) is 0 Å². The van der Waals surface area contributed by atoms with Crippen molar-refractivity contribution in [3.63, 3.8) is 0 Å². The first kappa shape index (κ1) is 26.0. The molecule has 2 heterocycles. The molecule has 4 rings (SSSR count). The third-order valence-electron chi connectivity index (χ3n) is 6.64. The number of hydrogen-bond donors (Lipinski definition) is 2. The van der Waals surface area contributed by atoms with Crippen LogP contribution in [-0.2, 0) is 27.5 Å². The van der Waals surface area contributed by atoms with Crippen molar-refractivity contribution in [2.24, 2.45) is 5.92 Å². The second-order valence-corrected chi connectivity index (χ2v) is 13.5. The molecule has 1 saturated heterocycles. The summed E-state index contributed by atoms with van der Waals surface area (Å²) in [4.78, 5) is 27.5. The van der Waals surface area contributed by atoms with Gasteiger partial charge in [-0.1, -0.05) is 18.5 Å². The van der Waals surface area contributed by atoms with E-state index in [2.05, 4.69) is 17.6 Å². The van der Waals surface area contributed by atoms with Crippen LogP contribution in [-0.4, -0.2) is 43.9 Å². The summed E-state index contributed by atoms with van der Waals surface area (Å²) < 4.78 is 29.6. The van der Waals surface area contributed by atoms with Crippen molar-refractivity contribution in [2.45, 2.75) is 65.5 Å². The van der Waals surface area contributed by atoms with Gasteiger partial charge < -0.3 is 15.4 Å². The largest absolute Gasteiger partial charge is 0.481 e. The average Bonchev–Trinajstić information content (AvgIpc) is 3.29. The van der Waals surface area contributed by atoms with Crippen LogP contribution in [0.5, 0.6) is 5.75 Å². The maximum Gasteiger partial charge on any atom is 0.265 e. The molecule has 0 spiro atoms. The smallest absolute Gasteiger partial charge is 0.265 e. The lowest BCUT2D eigenvalue weighted by molar-refractivity contribution is -0.122. The molecule has 0 saturated carbocycles. The molecule has 10 heteroatoms. The predicted octanol–water partition coefficient (Wildman–Crippen LogP) is 4.47. The lowest BCUT2D eigenvalue weighted by atomic mass is 9.88. The average molecular weight is 539 g/mol. The Balaban J connectivity index is 1.54. The number of amides is 2. The molecule has 3 unspecified atom stereocenters. The zero-order valence-electron chi connectivity index (χ0n) is 20.4. The highest BCUT2D eigenvalue weighted by Crippen LogP contribution is 2.40. The van der Waals surface area contributed by atoms with Gasteiger partial charge in [-0.25, -0.2) is 8.42 Å². The summed E-state index contributed by atoms with van der Waals surface area (Å²) in [5, 5.41) is 6.96. The van der Waals surface area contributed by atoms with Crippen LogP contribution in [0.3, 0.4) is 0 Å². The zero-order valence-corrected chi connectivity index (χ0v) is 22.8. The fourth-order valence-corrected chi connectivity index (χ4v) is 7.88. The Labute approximate surface area is 215 Å². The summed E-state index contributed by atoms with van der Waals surface area (Å²) in [6, 6.07) is 3.17. The van der Waals surface area contributed by atoms with Gasteiger partial charge in [-0.2, -0.15) is 0 Å². The number of aryl methyl sites for hydroxylation is 2. The summed E-state index contributed by atoms with van der Waals surface area (Å²) >= 11 is 7.66. The van der Waals surface area contributed by atoms with Gasteiger partial charge in [0.1, 0.15) is 10.8 Å². The van der Waals surface area contributed by atoms with E-state index in [1.54, 1.807) is 19.1 Å². The van der Waals surface area contributed by atoms with Gasteiger partial charge in [0, 0.05) is 15.9 Å². The molecule has 1 aromatic heterocycles. The van der Waals surface area contributed by atoms with Gasteiger partial charge in [0.25, 0.3) is 11.8 Å². The minimum absolute atomic E-state index is 0.0470. The summed E-state index contributed by atoms with van der Waals surface area (Å²) in [6.45, 7) is 7.60. The Morgan fingerprint density at radius 3 is 2.51 bits per heavy atom. The minimum atomic E-state index is -3.12. The van der Waals surface area contributed by atoms with E-state index in [9.17, 15) is 18.0 Å². The maximum absolute atomic E-state index is 13.3. The third-order valence-corrected chi connectivity index (χ3v) is 10.2. The Hall–Kier alpha value is -2.10. The highest BCUT2D eigenvalue weighted by atomic mass is 35.5. The molecule has 1 aliphatic carbocycles. The number of halogens is 1. The van der Waals surface area contributed by atoms with Gasteiger partial charge in [-0.05, 0) is 81.2 Å². The molecule has 1 aromatic carbocycles. The van der Waals surface area contributed by atoms with Crippen molar-refractivity contribution in [3.05, 3.63) is 44.3 Å². The van der Waals surface area contributed by atoms with Crippen molar-refractivity contribution < 1.29 is 22.7 Å². The molecular weight excluding hydrogens is 508 g/mol. The van der Waals surface area contributed by atoms with Crippen LogP contribution in [0.1, 0.15) is 58.6 Å². The molecule has 1 aliphatic heterocycles. The van der Waals surface area contributed by atoms with Crippen LogP contribution in [0.15, 0.2) is 12.1 Å². The van der Waals surface area contributed by atoms with Crippen LogP contribution in [0.2, 0.25) is 5.02 Å². The van der Waals surface area contributed by atoms with E-state index in [-0.39, 0.29) is 23.3 Å². The summed E-state index contributed by atoms with van der Waals surface area (Å²) in [7, 11) is -3.12. The number of ether oxygens (including phenoxy) is 1. The minimum Gasteiger partial charge on any atom is -0.481 e. The Morgan fingerprint density at radius 2 is 1.89 bits per heavy atom. The van der Waals surface area contributed by atoms with E-state index in [0.717, 1.165) is 40.8 Å². The molecule has 2 N–H and O–H groups in total. The van der Waals surface area contributed by atoms with Crippen molar-refractivity contribution in [1.29, 1.82) is 0 Å². The molecule has 35 heavy (non-hydrogen) atoms. The normalized spacial score (nSPS) is 21.7. The van der Waals surface area contributed by atoms with Crippen molar-refractivity contribution >= 4 is 49.6 Å². The van der Waals surface area contributed by atoms with Crippen LogP contribution < -0.4 is 15.4 Å². The van der Waals surface area contributed by atoms with Crippen LogP contribution >= 0.6 is 22.9 Å². The molecule has 1 fully saturated rings. The fraction of sp³-hybridized carbons (Fsp3) is 0.520. The molecule has 2 amide bonds. The number of anilines is 1. The molecule has 3 atom stereocenters. The number of benzene rings is 1. The second kappa shape index (κ2) is 10.1. The SMILES string of the molecule is Cc1cc(OC(C)C(=O)Nc2sc3c(c2C(=O)NC2CCS(=O)(=O)C2)CCC(C)C3)cc(C)c1Cl. The summed E-state index contributed by atoms with van der Waals surface area (Å²) in [6.07, 6.45) is 2.17. The van der Waals surface area contributed by atoms with E-state index in [1.165, 1.54) is 11.3 Å². The number of rotatable bonds is 6. The molecule has 2 aromatic rings. The van der Waals surface area contributed by atoms with Crippen LogP contribution in [0.25, 0.3) is 0 Å². The van der Waals surface area contributed by atoms with Gasteiger partial charge >= 0.3 is 0 Å². The van der Waals surface area contributed by atoms with Crippen molar-refractivity contribution in [1.82, 2.24) is 5.32 Å². The van der Waals surface area contributed by atoms with Crippen molar-refractivity contribution in [3.8, 4) is 5.75 Å². The number of carbonyl (C=O) groups is 2. The van der Waals surface area contributed by atoms with E-state index in [4.69, 9.17) is 16.3 Å². The summed E-state index contributed by atoms with van der Waals surface area (Å²) in [5.74, 6) is 0.394. The lowest BCUT2D eigenvalue weighted by Gasteiger charge is -2.19. The van der Waals surface area contributed by atoms with Gasteiger partial charge in [0.15, 0.2) is 15.9 Å². The van der Waals surface area contributed by atoms with Gasteiger partial charge in [-0.3, -0.25) is 9.59 Å². The molecule has 190 valence electrons. The maximum atomic E-state index is 13.3. The van der Waals surface area contributed by atoms with E-state index >= 15 is 0 Å². The fourth-order valence-electron chi connectivity index (χ4n) is 4.69. The van der Waals surface area contributed by atoms with Crippen molar-refractivity contribution in [2.75, 3.05) is 16.8 Å². The topological polar surface area (TPSA) is 102 Å². The molecular formula is C25H31ClN2O5S2. The molecule has 0 radical (unpaired) electrons. The number of hydrogen-bond acceptors (Lipinski definition) is 6. The van der Waals surface area contributed by atoms with Crippen LogP contribution in [0, 0.1) is 19.8 Å². The first-order valence-electron chi connectivity index (χ1n) is 11.8. The van der Waals surface area contributed by atoms with E-state index < -0.39 is 22.0 Å². The Kier molecular flexibility index (Phi) is 7.50. The van der Waals surface area contributed by atoms with E-state index in [1.807, 2.05) is 13.8 Å². The number of thiophene rings is 1. The van der Waals surface area contributed by atoms with Gasteiger partial charge in [-0.15, -0.1) is 11.3 Å². The number of carbonyl (C=O) groups excluding carboxylic acids is 2.